The zero-order valence-corrected chi connectivity index (χ0v) is 9.52. The van der Waals surface area contributed by atoms with E-state index in [-0.39, 0.29) is 0 Å². The SMILES string of the molecule is CC(C)CN1CCN(C=CC(=O)O)CC1. The van der Waals surface area contributed by atoms with Gasteiger partial charge in [-0.15, -0.1) is 0 Å². The number of hydrogen-bond acceptors (Lipinski definition) is 3. The molecule has 0 amide bonds. The molecule has 1 aliphatic heterocycles. The molecule has 0 aliphatic carbocycles. The van der Waals surface area contributed by atoms with Gasteiger partial charge in [-0.1, -0.05) is 13.8 Å². The summed E-state index contributed by atoms with van der Waals surface area (Å²) in [6, 6.07) is 0. The summed E-state index contributed by atoms with van der Waals surface area (Å²) in [5.74, 6) is -0.175. The molecule has 4 nitrogen and oxygen atoms in total. The van der Waals surface area contributed by atoms with Crippen LogP contribution in [0.15, 0.2) is 12.3 Å². The molecule has 86 valence electrons. The Morgan fingerprint density at radius 3 is 2.40 bits per heavy atom. The molecular weight excluding hydrogens is 192 g/mol. The van der Waals surface area contributed by atoms with Gasteiger partial charge in [-0.05, 0) is 5.92 Å². The van der Waals surface area contributed by atoms with Gasteiger partial charge in [0.15, 0.2) is 0 Å². The monoisotopic (exact) mass is 212 g/mol. The lowest BCUT2D eigenvalue weighted by Gasteiger charge is -2.34. The van der Waals surface area contributed by atoms with Gasteiger partial charge in [0.2, 0.25) is 0 Å². The zero-order chi connectivity index (χ0) is 11.3. The zero-order valence-electron chi connectivity index (χ0n) is 9.52. The number of carbonyl (C=O) groups is 1. The van der Waals surface area contributed by atoms with E-state index in [0.717, 1.165) is 32.7 Å². The summed E-state index contributed by atoms with van der Waals surface area (Å²) >= 11 is 0. The largest absolute Gasteiger partial charge is 0.478 e. The van der Waals surface area contributed by atoms with Crippen LogP contribution in [0.5, 0.6) is 0 Å². The third-order valence-electron chi connectivity index (χ3n) is 2.46. The van der Waals surface area contributed by atoms with Gasteiger partial charge < -0.3 is 10.0 Å². The minimum Gasteiger partial charge on any atom is -0.478 e. The van der Waals surface area contributed by atoms with Crippen molar-refractivity contribution in [2.45, 2.75) is 13.8 Å². The summed E-state index contributed by atoms with van der Waals surface area (Å²) in [6.07, 6.45) is 2.88. The molecule has 0 atom stereocenters. The van der Waals surface area contributed by atoms with Crippen LogP contribution in [-0.4, -0.2) is 53.6 Å². The molecule has 0 aromatic heterocycles. The molecule has 1 aliphatic rings. The van der Waals surface area contributed by atoms with Crippen LogP contribution in [-0.2, 0) is 4.79 Å². The maximum absolute atomic E-state index is 10.3. The number of aliphatic carboxylic acids is 1. The second-order valence-electron chi connectivity index (χ2n) is 4.38. The maximum Gasteiger partial charge on any atom is 0.329 e. The molecule has 1 heterocycles. The Hall–Kier alpha value is -1.03. The second kappa shape index (κ2) is 5.75. The Kier molecular flexibility index (Phi) is 4.62. The van der Waals surface area contributed by atoms with E-state index in [1.807, 2.05) is 0 Å². The summed E-state index contributed by atoms with van der Waals surface area (Å²) in [7, 11) is 0. The van der Waals surface area contributed by atoms with Crippen LogP contribution in [0.25, 0.3) is 0 Å². The Balaban J connectivity index is 2.26. The van der Waals surface area contributed by atoms with Gasteiger partial charge in [0.1, 0.15) is 0 Å². The van der Waals surface area contributed by atoms with E-state index >= 15 is 0 Å². The highest BCUT2D eigenvalue weighted by Crippen LogP contribution is 2.05. The number of piperazine rings is 1. The van der Waals surface area contributed by atoms with E-state index in [1.165, 1.54) is 6.08 Å². The van der Waals surface area contributed by atoms with Gasteiger partial charge in [-0.3, -0.25) is 4.90 Å². The fraction of sp³-hybridized carbons (Fsp3) is 0.727. The summed E-state index contributed by atoms with van der Waals surface area (Å²) in [5, 5.41) is 8.49. The predicted molar refractivity (Wildman–Crippen MR) is 59.6 cm³/mol. The van der Waals surface area contributed by atoms with Crippen LogP contribution in [0.3, 0.4) is 0 Å². The van der Waals surface area contributed by atoms with Gasteiger partial charge in [-0.25, -0.2) is 4.79 Å². The quantitative estimate of drug-likeness (QED) is 0.702. The molecule has 1 N–H and O–H groups in total. The van der Waals surface area contributed by atoms with E-state index in [1.54, 1.807) is 6.20 Å². The van der Waals surface area contributed by atoms with E-state index in [2.05, 4.69) is 23.6 Å². The van der Waals surface area contributed by atoms with Crippen LogP contribution in [0.4, 0.5) is 0 Å². The van der Waals surface area contributed by atoms with Crippen LogP contribution in [0, 0.1) is 5.92 Å². The van der Waals surface area contributed by atoms with Crippen molar-refractivity contribution in [2.24, 2.45) is 5.92 Å². The van der Waals surface area contributed by atoms with E-state index in [0.29, 0.717) is 5.92 Å². The lowest BCUT2D eigenvalue weighted by molar-refractivity contribution is -0.131. The molecule has 1 rings (SSSR count). The fourth-order valence-electron chi connectivity index (χ4n) is 1.78. The third kappa shape index (κ3) is 4.83. The van der Waals surface area contributed by atoms with Crippen molar-refractivity contribution in [3.63, 3.8) is 0 Å². The summed E-state index contributed by atoms with van der Waals surface area (Å²) < 4.78 is 0. The predicted octanol–water partition coefficient (Wildman–Crippen LogP) is 0.858. The number of carboxylic acids is 1. The Morgan fingerprint density at radius 1 is 1.33 bits per heavy atom. The first-order valence-electron chi connectivity index (χ1n) is 5.45. The fourth-order valence-corrected chi connectivity index (χ4v) is 1.78. The maximum atomic E-state index is 10.3. The minimum atomic E-state index is -0.875. The Labute approximate surface area is 91.2 Å². The van der Waals surface area contributed by atoms with E-state index < -0.39 is 5.97 Å². The van der Waals surface area contributed by atoms with Crippen molar-refractivity contribution in [2.75, 3.05) is 32.7 Å². The molecule has 1 fully saturated rings. The topological polar surface area (TPSA) is 43.8 Å². The van der Waals surface area contributed by atoms with Crippen molar-refractivity contribution in [1.82, 2.24) is 9.80 Å². The van der Waals surface area contributed by atoms with Gasteiger partial charge in [-0.2, -0.15) is 0 Å². The first-order valence-corrected chi connectivity index (χ1v) is 5.45. The second-order valence-corrected chi connectivity index (χ2v) is 4.38. The van der Waals surface area contributed by atoms with Crippen molar-refractivity contribution >= 4 is 5.97 Å². The highest BCUT2D eigenvalue weighted by molar-refractivity contribution is 5.79. The lowest BCUT2D eigenvalue weighted by Crippen LogP contribution is -2.45. The van der Waals surface area contributed by atoms with Crippen molar-refractivity contribution in [3.8, 4) is 0 Å². The minimum absolute atomic E-state index is 0.700. The van der Waals surface area contributed by atoms with Crippen LogP contribution < -0.4 is 0 Å². The molecule has 15 heavy (non-hydrogen) atoms. The smallest absolute Gasteiger partial charge is 0.329 e. The highest BCUT2D eigenvalue weighted by Gasteiger charge is 2.14. The van der Waals surface area contributed by atoms with E-state index in [9.17, 15) is 4.79 Å². The van der Waals surface area contributed by atoms with Crippen molar-refractivity contribution < 1.29 is 9.90 Å². The molecule has 4 heteroatoms. The normalized spacial score (nSPS) is 19.0. The summed E-state index contributed by atoms with van der Waals surface area (Å²) in [4.78, 5) is 14.8. The Bertz CT molecular complexity index is 231. The molecular formula is C11H20N2O2. The molecule has 1 saturated heterocycles. The number of carboxylic acid groups (broad SMARTS) is 1. The van der Waals surface area contributed by atoms with Gasteiger partial charge in [0.05, 0.1) is 0 Å². The molecule has 0 radical (unpaired) electrons. The molecule has 0 saturated carbocycles. The lowest BCUT2D eigenvalue weighted by atomic mass is 10.2. The molecule has 0 bridgehead atoms. The first kappa shape index (κ1) is 12.0. The average molecular weight is 212 g/mol. The molecule has 0 unspecified atom stereocenters. The Morgan fingerprint density at radius 2 is 1.93 bits per heavy atom. The van der Waals surface area contributed by atoms with Gasteiger partial charge in [0, 0.05) is 45.0 Å². The van der Waals surface area contributed by atoms with Gasteiger partial charge in [0.25, 0.3) is 0 Å². The standard InChI is InChI=1S/C11H20N2O2/c1-10(2)9-13-7-5-12(6-8-13)4-3-11(14)15/h3-4,10H,5-9H2,1-2H3,(H,14,15). The number of nitrogens with zero attached hydrogens (tertiary/aromatic N) is 2. The third-order valence-corrected chi connectivity index (χ3v) is 2.46. The van der Waals surface area contributed by atoms with Crippen LogP contribution >= 0.6 is 0 Å². The molecule has 0 aromatic carbocycles. The summed E-state index contributed by atoms with van der Waals surface area (Å²) in [6.45, 7) is 9.49. The first-order chi connectivity index (χ1) is 7.08. The molecule has 0 spiro atoms. The summed E-state index contributed by atoms with van der Waals surface area (Å²) in [5.41, 5.74) is 0. The van der Waals surface area contributed by atoms with Crippen LogP contribution in [0.2, 0.25) is 0 Å². The number of rotatable bonds is 4. The average Bonchev–Trinajstić information content (AvgIpc) is 2.16. The van der Waals surface area contributed by atoms with Crippen molar-refractivity contribution in [3.05, 3.63) is 12.3 Å². The molecule has 0 aromatic rings. The number of hydrogen-bond donors (Lipinski definition) is 1. The highest BCUT2D eigenvalue weighted by atomic mass is 16.4. The van der Waals surface area contributed by atoms with Crippen LogP contribution in [0.1, 0.15) is 13.8 Å². The van der Waals surface area contributed by atoms with Crippen molar-refractivity contribution in [1.29, 1.82) is 0 Å². The van der Waals surface area contributed by atoms with Gasteiger partial charge >= 0.3 is 5.97 Å². The van der Waals surface area contributed by atoms with E-state index in [4.69, 9.17) is 5.11 Å².